The molecule has 0 aliphatic carbocycles. The van der Waals surface area contributed by atoms with Crippen LogP contribution in [0.5, 0.6) is 0 Å². The van der Waals surface area contributed by atoms with E-state index in [2.05, 4.69) is 13.8 Å². The molecule has 0 rings (SSSR count). The summed E-state index contributed by atoms with van der Waals surface area (Å²) in [7, 11) is 0. The summed E-state index contributed by atoms with van der Waals surface area (Å²) in [4.78, 5) is 0. The van der Waals surface area contributed by atoms with Gasteiger partial charge in [0.1, 0.15) is 0 Å². The molecule has 0 aliphatic rings. The molecule has 0 bridgehead atoms. The molecule has 3 unspecified atom stereocenters. The zero-order chi connectivity index (χ0) is 9.56. The lowest BCUT2D eigenvalue weighted by molar-refractivity contribution is 0.459. The van der Waals surface area contributed by atoms with Crippen LogP contribution in [0.1, 0.15) is 46.5 Å². The first-order valence-electron chi connectivity index (χ1n) is 4.69. The summed E-state index contributed by atoms with van der Waals surface area (Å²) in [5.41, 5.74) is 0. The lowest BCUT2D eigenvalue weighted by Gasteiger charge is -2.15. The fourth-order valence-electron chi connectivity index (χ4n) is 1.15. The molecule has 0 saturated carbocycles. The Morgan fingerprint density at radius 2 is 1.92 bits per heavy atom. The minimum Gasteiger partial charge on any atom is -0.306 e. The van der Waals surface area contributed by atoms with E-state index in [9.17, 15) is 4.21 Å². The van der Waals surface area contributed by atoms with Gasteiger partial charge in [0.25, 0.3) is 0 Å². The van der Waals surface area contributed by atoms with Gasteiger partial charge >= 0.3 is 0 Å². The van der Waals surface area contributed by atoms with Crippen LogP contribution in [0.4, 0.5) is 0 Å². The Labute approximate surface area is 78.0 Å². The molecule has 74 valence electrons. The van der Waals surface area contributed by atoms with Crippen molar-refractivity contribution in [2.24, 2.45) is 5.92 Å². The van der Waals surface area contributed by atoms with Gasteiger partial charge in [-0.05, 0) is 19.3 Å². The van der Waals surface area contributed by atoms with Gasteiger partial charge in [0.2, 0.25) is 0 Å². The van der Waals surface area contributed by atoms with Crippen LogP contribution in [0.3, 0.4) is 0 Å². The Kier molecular flexibility index (Phi) is 6.67. The van der Waals surface area contributed by atoms with Crippen molar-refractivity contribution >= 4 is 11.1 Å². The number of hydrogen-bond acceptors (Lipinski definition) is 1. The maximum absolute atomic E-state index is 10.7. The maximum atomic E-state index is 10.7. The number of rotatable bonds is 6. The highest BCUT2D eigenvalue weighted by molar-refractivity contribution is 7.79. The van der Waals surface area contributed by atoms with E-state index in [4.69, 9.17) is 4.55 Å². The van der Waals surface area contributed by atoms with Crippen molar-refractivity contribution in [1.82, 2.24) is 0 Å². The molecule has 0 fully saturated rings. The fourth-order valence-corrected chi connectivity index (χ4v) is 1.68. The molecule has 0 heterocycles. The molecule has 2 nitrogen and oxygen atoms in total. The average Bonchev–Trinajstić information content (AvgIpc) is 2.03. The van der Waals surface area contributed by atoms with Gasteiger partial charge in [-0.25, -0.2) is 4.21 Å². The molecule has 3 atom stereocenters. The van der Waals surface area contributed by atoms with Crippen LogP contribution < -0.4 is 0 Å². The third-order valence-electron chi connectivity index (χ3n) is 2.38. The molecular weight excluding hydrogens is 172 g/mol. The van der Waals surface area contributed by atoms with Gasteiger partial charge in [-0.2, -0.15) is 0 Å². The second-order valence-corrected chi connectivity index (χ2v) is 4.75. The second kappa shape index (κ2) is 6.61. The molecule has 0 amide bonds. The van der Waals surface area contributed by atoms with Crippen molar-refractivity contribution in [2.45, 2.75) is 51.7 Å². The van der Waals surface area contributed by atoms with Crippen molar-refractivity contribution in [1.29, 1.82) is 0 Å². The van der Waals surface area contributed by atoms with Crippen LogP contribution in [-0.4, -0.2) is 14.0 Å². The molecule has 12 heavy (non-hydrogen) atoms. The summed E-state index contributed by atoms with van der Waals surface area (Å²) in [6, 6.07) is 0. The molecule has 0 aromatic rings. The van der Waals surface area contributed by atoms with Gasteiger partial charge in [0.05, 0.1) is 5.25 Å². The van der Waals surface area contributed by atoms with E-state index in [-0.39, 0.29) is 5.25 Å². The van der Waals surface area contributed by atoms with Crippen LogP contribution >= 0.6 is 0 Å². The van der Waals surface area contributed by atoms with Crippen LogP contribution in [0.25, 0.3) is 0 Å². The monoisotopic (exact) mass is 192 g/mol. The van der Waals surface area contributed by atoms with Crippen LogP contribution in [0, 0.1) is 5.92 Å². The van der Waals surface area contributed by atoms with Crippen molar-refractivity contribution in [3.63, 3.8) is 0 Å². The van der Waals surface area contributed by atoms with E-state index in [1.54, 1.807) is 0 Å². The molecule has 0 aliphatic heterocycles. The van der Waals surface area contributed by atoms with Gasteiger partial charge < -0.3 is 4.55 Å². The molecule has 1 N–H and O–H groups in total. The zero-order valence-electron chi connectivity index (χ0n) is 8.25. The largest absolute Gasteiger partial charge is 0.306 e. The van der Waals surface area contributed by atoms with Crippen LogP contribution in [0.15, 0.2) is 0 Å². The lowest BCUT2D eigenvalue weighted by Crippen LogP contribution is -2.19. The van der Waals surface area contributed by atoms with Gasteiger partial charge in [-0.15, -0.1) is 0 Å². The van der Waals surface area contributed by atoms with Crippen molar-refractivity contribution in [3.05, 3.63) is 0 Å². The Morgan fingerprint density at radius 1 is 1.33 bits per heavy atom. The van der Waals surface area contributed by atoms with Crippen molar-refractivity contribution in [2.75, 3.05) is 0 Å². The van der Waals surface area contributed by atoms with Crippen molar-refractivity contribution in [3.8, 4) is 0 Å². The van der Waals surface area contributed by atoms with Crippen LogP contribution in [-0.2, 0) is 11.1 Å². The summed E-state index contributed by atoms with van der Waals surface area (Å²) < 4.78 is 19.5. The summed E-state index contributed by atoms with van der Waals surface area (Å²) in [6.07, 6.45) is 4.69. The SMILES string of the molecule is CCCCCC(C)C(C)S(=O)O. The quantitative estimate of drug-likeness (QED) is 0.519. The Bertz CT molecular complexity index is 136. The highest BCUT2D eigenvalue weighted by Gasteiger charge is 2.16. The molecule has 0 aromatic heterocycles. The lowest BCUT2D eigenvalue weighted by atomic mass is 10.0. The second-order valence-electron chi connectivity index (χ2n) is 3.45. The Balaban J connectivity index is 3.56. The first-order valence-corrected chi connectivity index (χ1v) is 5.86. The highest BCUT2D eigenvalue weighted by Crippen LogP contribution is 2.16. The predicted molar refractivity (Wildman–Crippen MR) is 53.5 cm³/mol. The normalized spacial score (nSPS) is 18.7. The molecule has 0 aromatic carbocycles. The minimum atomic E-state index is -1.65. The first kappa shape index (κ1) is 12.1. The molecule has 3 heteroatoms. The van der Waals surface area contributed by atoms with Crippen molar-refractivity contribution < 1.29 is 8.76 Å². The zero-order valence-corrected chi connectivity index (χ0v) is 9.06. The standard InChI is InChI=1S/C9H20O2S/c1-4-5-6-7-8(2)9(3)12(10)11/h8-9H,4-7H2,1-3H3,(H,10,11). The average molecular weight is 192 g/mol. The van der Waals surface area contributed by atoms with E-state index in [0.29, 0.717) is 5.92 Å². The summed E-state index contributed by atoms with van der Waals surface area (Å²) in [5.74, 6) is 0.363. The van der Waals surface area contributed by atoms with E-state index in [1.807, 2.05) is 6.92 Å². The molecular formula is C9H20O2S. The number of unbranched alkanes of at least 4 members (excludes halogenated alkanes) is 2. The van der Waals surface area contributed by atoms with Gasteiger partial charge in [-0.3, -0.25) is 0 Å². The van der Waals surface area contributed by atoms with Gasteiger partial charge in [0, 0.05) is 0 Å². The minimum absolute atomic E-state index is 0.0816. The van der Waals surface area contributed by atoms with E-state index >= 15 is 0 Å². The van der Waals surface area contributed by atoms with E-state index in [0.717, 1.165) is 6.42 Å². The predicted octanol–water partition coefficient (Wildman–Crippen LogP) is 2.81. The van der Waals surface area contributed by atoms with Crippen LogP contribution in [0.2, 0.25) is 0 Å². The summed E-state index contributed by atoms with van der Waals surface area (Å²) >= 11 is -1.65. The maximum Gasteiger partial charge on any atom is 0.155 e. The van der Waals surface area contributed by atoms with Gasteiger partial charge in [0.15, 0.2) is 11.1 Å². The Morgan fingerprint density at radius 3 is 2.33 bits per heavy atom. The summed E-state index contributed by atoms with van der Waals surface area (Å²) in [5, 5.41) is -0.0816. The number of hydrogen-bond donors (Lipinski definition) is 1. The molecule has 0 spiro atoms. The smallest absolute Gasteiger partial charge is 0.155 e. The molecule has 0 saturated heterocycles. The van der Waals surface area contributed by atoms with Gasteiger partial charge in [-0.1, -0.05) is 33.1 Å². The molecule has 0 radical (unpaired) electrons. The third kappa shape index (κ3) is 4.88. The topological polar surface area (TPSA) is 37.3 Å². The summed E-state index contributed by atoms with van der Waals surface area (Å²) in [6.45, 7) is 6.06. The Hall–Kier alpha value is 0.110. The first-order chi connectivity index (χ1) is 5.59. The van der Waals surface area contributed by atoms with E-state index < -0.39 is 11.1 Å². The van der Waals surface area contributed by atoms with E-state index in [1.165, 1.54) is 19.3 Å². The fraction of sp³-hybridized carbons (Fsp3) is 1.00. The third-order valence-corrected chi connectivity index (χ3v) is 3.48. The highest BCUT2D eigenvalue weighted by atomic mass is 32.2.